The Morgan fingerprint density at radius 1 is 0.404 bits per heavy atom. The summed E-state index contributed by atoms with van der Waals surface area (Å²) in [4.78, 5) is 4.78. The molecule has 0 saturated carbocycles. The minimum Gasteiger partial charge on any atom is -0.456 e. The molecule has 0 amide bonds. The number of fused-ring (bicyclic) bond motifs is 5. The monoisotopic (exact) mass is 738 g/mol. The Bertz CT molecular complexity index is 2900. The first kappa shape index (κ1) is 34.9. The predicted molar refractivity (Wildman–Crippen MR) is 241 cm³/mol. The summed E-state index contributed by atoms with van der Waals surface area (Å²) in [6.45, 7) is 9.61. The van der Waals surface area contributed by atoms with Crippen molar-refractivity contribution < 1.29 is 4.42 Å². The highest BCUT2D eigenvalue weighted by Crippen LogP contribution is 2.49. The Labute approximate surface area is 335 Å². The summed E-state index contributed by atoms with van der Waals surface area (Å²) in [6, 6.07) is 65.8. The molecule has 1 aromatic heterocycles. The number of rotatable bonds is 7. The van der Waals surface area contributed by atoms with Gasteiger partial charge in [-0.3, -0.25) is 0 Å². The van der Waals surface area contributed by atoms with Gasteiger partial charge in [-0.25, -0.2) is 0 Å². The summed E-state index contributed by atoms with van der Waals surface area (Å²) >= 11 is 0. The molecule has 1 heterocycles. The van der Waals surface area contributed by atoms with Crippen LogP contribution in [-0.2, 0) is 10.8 Å². The van der Waals surface area contributed by atoms with Crippen LogP contribution in [0.4, 0.5) is 34.1 Å². The molecule has 0 spiro atoms. The summed E-state index contributed by atoms with van der Waals surface area (Å²) in [7, 11) is 0. The molecule has 3 nitrogen and oxygen atoms in total. The third kappa shape index (κ3) is 6.06. The summed E-state index contributed by atoms with van der Waals surface area (Å²) < 4.78 is 6.31. The summed E-state index contributed by atoms with van der Waals surface area (Å²) in [5.74, 6) is 0. The number of hydrogen-bond donors (Lipinski definition) is 0. The zero-order valence-electron chi connectivity index (χ0n) is 33.0. The number of nitrogens with zero attached hydrogens (tertiary/aromatic N) is 2. The van der Waals surface area contributed by atoms with E-state index in [2.05, 4.69) is 207 Å². The van der Waals surface area contributed by atoms with E-state index in [0.717, 1.165) is 44.7 Å². The third-order valence-corrected chi connectivity index (χ3v) is 12.3. The van der Waals surface area contributed by atoms with E-state index in [-0.39, 0.29) is 10.8 Å². The molecule has 278 valence electrons. The molecular formula is C54H46N2O. The van der Waals surface area contributed by atoms with Crippen LogP contribution in [0, 0.1) is 0 Å². The first-order valence-electron chi connectivity index (χ1n) is 20.1. The number of anilines is 6. The Hall–Kier alpha value is -6.58. The zero-order chi connectivity index (χ0) is 38.7. The lowest BCUT2D eigenvalue weighted by Crippen LogP contribution is -2.34. The van der Waals surface area contributed by atoms with Crippen molar-refractivity contribution in [3.63, 3.8) is 0 Å². The molecule has 0 radical (unpaired) electrons. The van der Waals surface area contributed by atoms with Crippen LogP contribution in [0.2, 0.25) is 0 Å². The van der Waals surface area contributed by atoms with Crippen LogP contribution in [0.1, 0.15) is 51.7 Å². The van der Waals surface area contributed by atoms with Gasteiger partial charge in [0.1, 0.15) is 11.2 Å². The Morgan fingerprint density at radius 2 is 0.912 bits per heavy atom. The maximum Gasteiger partial charge on any atom is 0.137 e. The summed E-state index contributed by atoms with van der Waals surface area (Å²) in [5.41, 5.74) is 14.1. The number of para-hydroxylation sites is 2. The van der Waals surface area contributed by atoms with Crippen molar-refractivity contribution >= 4 is 66.8 Å². The Morgan fingerprint density at radius 3 is 1.63 bits per heavy atom. The molecule has 0 fully saturated rings. The average molecular weight is 739 g/mol. The van der Waals surface area contributed by atoms with Crippen LogP contribution in [0.25, 0.3) is 43.8 Å². The van der Waals surface area contributed by atoms with Gasteiger partial charge in [-0.15, -0.1) is 0 Å². The van der Waals surface area contributed by atoms with Gasteiger partial charge in [-0.1, -0.05) is 137 Å². The number of benzene rings is 8. The van der Waals surface area contributed by atoms with E-state index in [0.29, 0.717) is 0 Å². The first-order chi connectivity index (χ1) is 27.7. The van der Waals surface area contributed by atoms with Gasteiger partial charge in [0.25, 0.3) is 0 Å². The van der Waals surface area contributed by atoms with E-state index in [9.17, 15) is 0 Å². The van der Waals surface area contributed by atoms with Crippen LogP contribution in [0.15, 0.2) is 186 Å². The van der Waals surface area contributed by atoms with Crippen molar-refractivity contribution in [2.45, 2.75) is 51.4 Å². The number of hydrogen-bond acceptors (Lipinski definition) is 3. The van der Waals surface area contributed by atoms with Crippen LogP contribution in [-0.4, -0.2) is 0 Å². The highest BCUT2D eigenvalue weighted by Gasteiger charge is 2.37. The zero-order valence-corrected chi connectivity index (χ0v) is 33.0. The SMILES string of the molecule is CC1(C)CCC(C)(C)c2cc(N(c3ccc(-c4ccc(N(c5ccccc5)c5cccc6oc7ccccc7c56)cc4)cc3)c3cccc4ccccc34)ccc21. The standard InChI is InChI=1S/C54H46N2O/c1-53(2)34-35-54(3,4)47-36-43(32-33-46(47)53)56(48-20-12-15-39-14-8-9-18-44(39)48)42-30-26-38(27-31-42)37-24-28-41(29-25-37)55(40-16-6-5-7-17-40)49-21-13-23-51-52(49)45-19-10-11-22-50(45)57-51/h5-33,36H,34-35H2,1-4H3. The van der Waals surface area contributed by atoms with E-state index >= 15 is 0 Å². The number of furan rings is 1. The molecule has 0 aliphatic heterocycles. The smallest absolute Gasteiger partial charge is 0.137 e. The fourth-order valence-corrected chi connectivity index (χ4v) is 9.10. The molecule has 57 heavy (non-hydrogen) atoms. The van der Waals surface area contributed by atoms with Crippen molar-refractivity contribution in [2.75, 3.05) is 9.80 Å². The topological polar surface area (TPSA) is 19.6 Å². The van der Waals surface area contributed by atoms with E-state index < -0.39 is 0 Å². The van der Waals surface area contributed by atoms with Crippen molar-refractivity contribution in [1.29, 1.82) is 0 Å². The van der Waals surface area contributed by atoms with Crippen molar-refractivity contribution in [3.8, 4) is 11.1 Å². The summed E-state index contributed by atoms with van der Waals surface area (Å²) in [6.07, 6.45) is 2.38. The quantitative estimate of drug-likeness (QED) is 0.162. The highest BCUT2D eigenvalue weighted by molar-refractivity contribution is 6.13. The average Bonchev–Trinajstić information content (AvgIpc) is 3.63. The van der Waals surface area contributed by atoms with Crippen LogP contribution >= 0.6 is 0 Å². The molecule has 1 aliphatic rings. The second kappa shape index (κ2) is 13.6. The van der Waals surface area contributed by atoms with Crippen LogP contribution in [0.3, 0.4) is 0 Å². The summed E-state index contributed by atoms with van der Waals surface area (Å²) in [5, 5.41) is 4.69. The predicted octanol–water partition coefficient (Wildman–Crippen LogP) is 15.7. The van der Waals surface area contributed by atoms with Crippen molar-refractivity contribution in [3.05, 3.63) is 193 Å². The molecule has 0 bridgehead atoms. The maximum atomic E-state index is 6.31. The fraction of sp³-hybridized carbons (Fsp3) is 0.148. The van der Waals surface area contributed by atoms with Gasteiger partial charge < -0.3 is 14.2 Å². The van der Waals surface area contributed by atoms with Gasteiger partial charge >= 0.3 is 0 Å². The molecular weight excluding hydrogens is 693 g/mol. The molecule has 0 N–H and O–H groups in total. The molecule has 0 saturated heterocycles. The molecule has 9 aromatic rings. The van der Waals surface area contributed by atoms with E-state index in [1.165, 1.54) is 57.2 Å². The lowest BCUT2D eigenvalue weighted by atomic mass is 9.63. The van der Waals surface area contributed by atoms with Gasteiger partial charge in [0, 0.05) is 33.5 Å². The first-order valence-corrected chi connectivity index (χ1v) is 20.1. The fourth-order valence-electron chi connectivity index (χ4n) is 9.10. The van der Waals surface area contributed by atoms with E-state index in [1.807, 2.05) is 12.1 Å². The third-order valence-electron chi connectivity index (χ3n) is 12.3. The van der Waals surface area contributed by atoms with Gasteiger partial charge in [-0.2, -0.15) is 0 Å². The lowest BCUT2D eigenvalue weighted by molar-refractivity contribution is 0.332. The minimum atomic E-state index is 0.107. The molecule has 0 atom stereocenters. The minimum absolute atomic E-state index is 0.107. The molecule has 0 unspecified atom stereocenters. The van der Waals surface area contributed by atoms with Gasteiger partial charge in [0.15, 0.2) is 0 Å². The van der Waals surface area contributed by atoms with Crippen LogP contribution in [0.5, 0.6) is 0 Å². The maximum absolute atomic E-state index is 6.31. The second-order valence-corrected chi connectivity index (χ2v) is 16.8. The largest absolute Gasteiger partial charge is 0.456 e. The van der Waals surface area contributed by atoms with Gasteiger partial charge in [0.2, 0.25) is 0 Å². The van der Waals surface area contributed by atoms with Gasteiger partial charge in [-0.05, 0) is 124 Å². The van der Waals surface area contributed by atoms with Crippen molar-refractivity contribution in [2.24, 2.45) is 0 Å². The highest BCUT2D eigenvalue weighted by atomic mass is 16.3. The van der Waals surface area contributed by atoms with Crippen molar-refractivity contribution in [1.82, 2.24) is 0 Å². The second-order valence-electron chi connectivity index (χ2n) is 16.8. The van der Waals surface area contributed by atoms with E-state index in [1.54, 1.807) is 0 Å². The Kier molecular flexibility index (Phi) is 8.30. The van der Waals surface area contributed by atoms with Gasteiger partial charge in [0.05, 0.1) is 16.8 Å². The van der Waals surface area contributed by atoms with Crippen LogP contribution < -0.4 is 9.80 Å². The molecule has 10 rings (SSSR count). The molecule has 3 heteroatoms. The Balaban J connectivity index is 1.04. The van der Waals surface area contributed by atoms with E-state index in [4.69, 9.17) is 4.42 Å². The molecule has 8 aromatic carbocycles. The molecule has 1 aliphatic carbocycles. The lowest BCUT2D eigenvalue weighted by Gasteiger charge is -2.42. The normalized spacial score (nSPS) is 14.5.